The van der Waals surface area contributed by atoms with Crippen LogP contribution in [0.2, 0.25) is 0 Å². The van der Waals surface area contributed by atoms with Crippen molar-refractivity contribution >= 4 is 11.9 Å². The zero-order valence-electron chi connectivity index (χ0n) is 28.0. The highest BCUT2D eigenvalue weighted by molar-refractivity contribution is 5.73. The van der Waals surface area contributed by atoms with E-state index < -0.39 is 0 Å². The van der Waals surface area contributed by atoms with E-state index in [-0.39, 0.29) is 48.2 Å². The van der Waals surface area contributed by atoms with E-state index in [1.807, 2.05) is 0 Å². The molecule has 0 unspecified atom stereocenters. The molecule has 248 valence electrons. The Morgan fingerprint density at radius 3 is 1.14 bits per heavy atom. The Balaban J connectivity index is 1.03. The Labute approximate surface area is 264 Å². The molecule has 0 saturated heterocycles. The lowest BCUT2D eigenvalue weighted by atomic mass is 9.83. The van der Waals surface area contributed by atoms with Gasteiger partial charge in [-0.05, 0) is 115 Å². The van der Waals surface area contributed by atoms with Crippen LogP contribution in [0.4, 0.5) is 0 Å². The van der Waals surface area contributed by atoms with Crippen LogP contribution < -0.4 is 0 Å². The third-order valence-corrected chi connectivity index (χ3v) is 11.5. The number of unbranched alkanes of at least 4 members (excludes halogenated alkanes) is 6. The van der Waals surface area contributed by atoms with Crippen LogP contribution in [0.3, 0.4) is 0 Å². The Morgan fingerprint density at radius 2 is 0.791 bits per heavy atom. The summed E-state index contributed by atoms with van der Waals surface area (Å²) in [5.41, 5.74) is 0. The van der Waals surface area contributed by atoms with Crippen molar-refractivity contribution in [2.75, 3.05) is 0 Å². The van der Waals surface area contributed by atoms with Crippen LogP contribution in [0, 0.1) is 23.7 Å². The van der Waals surface area contributed by atoms with Crippen molar-refractivity contribution in [3.05, 3.63) is 0 Å². The molecule has 4 rings (SSSR count). The summed E-state index contributed by atoms with van der Waals surface area (Å²) in [5.74, 6) is 1.87. The Hall–Kier alpha value is -1.10. The highest BCUT2D eigenvalue weighted by atomic mass is 16.5. The molecule has 5 nitrogen and oxygen atoms in total. The van der Waals surface area contributed by atoms with Gasteiger partial charge in [0.2, 0.25) is 0 Å². The molecule has 4 aliphatic rings. The van der Waals surface area contributed by atoms with E-state index in [0.29, 0.717) is 0 Å². The van der Waals surface area contributed by atoms with Gasteiger partial charge in [0.05, 0.1) is 24.0 Å². The first-order chi connectivity index (χ1) is 21.0. The normalized spacial score (nSPS) is 33.5. The zero-order chi connectivity index (χ0) is 30.3. The first-order valence-corrected chi connectivity index (χ1v) is 19.1. The second-order valence-electron chi connectivity index (χ2n) is 14.9. The number of carbonyl (C=O) groups excluding carboxylic acids is 2. The predicted molar refractivity (Wildman–Crippen MR) is 174 cm³/mol. The van der Waals surface area contributed by atoms with E-state index in [4.69, 9.17) is 14.2 Å². The van der Waals surface area contributed by atoms with Crippen molar-refractivity contribution < 1.29 is 23.8 Å². The first-order valence-electron chi connectivity index (χ1n) is 19.1. The lowest BCUT2D eigenvalue weighted by molar-refractivity contribution is -0.159. The molecule has 0 amide bonds. The van der Waals surface area contributed by atoms with Gasteiger partial charge in [-0.3, -0.25) is 9.59 Å². The molecular formula is C38H66O5. The van der Waals surface area contributed by atoms with Crippen LogP contribution in [-0.4, -0.2) is 36.4 Å². The first kappa shape index (κ1) is 34.8. The maximum absolute atomic E-state index is 12.9. The van der Waals surface area contributed by atoms with E-state index in [0.717, 1.165) is 88.9 Å². The highest BCUT2D eigenvalue weighted by Gasteiger charge is 2.34. The lowest BCUT2D eigenvalue weighted by Gasteiger charge is -2.35. The molecule has 0 bridgehead atoms. The van der Waals surface area contributed by atoms with Gasteiger partial charge in [0.25, 0.3) is 0 Å². The SMILES string of the molecule is CCCCCCC1CCC(OC(=O)C2CCC(OC3CCC(C(=O)OC4CCC(CCCCCC)CC4)CC3)CC2)CC1. The van der Waals surface area contributed by atoms with Gasteiger partial charge in [-0.1, -0.05) is 78.1 Å². The highest BCUT2D eigenvalue weighted by Crippen LogP contribution is 2.36. The second kappa shape index (κ2) is 19.4. The Bertz CT molecular complexity index is 701. The van der Waals surface area contributed by atoms with Crippen molar-refractivity contribution in [2.45, 2.75) is 205 Å². The van der Waals surface area contributed by atoms with Crippen LogP contribution in [0.15, 0.2) is 0 Å². The summed E-state index contributed by atoms with van der Waals surface area (Å²) >= 11 is 0. The van der Waals surface area contributed by atoms with E-state index in [2.05, 4.69) is 13.8 Å². The van der Waals surface area contributed by atoms with Crippen molar-refractivity contribution in [1.29, 1.82) is 0 Å². The van der Waals surface area contributed by atoms with Crippen LogP contribution >= 0.6 is 0 Å². The molecule has 5 heteroatoms. The molecule has 0 heterocycles. The van der Waals surface area contributed by atoms with Gasteiger partial charge >= 0.3 is 11.9 Å². The molecule has 0 aromatic heterocycles. The molecule has 0 aromatic carbocycles. The summed E-state index contributed by atoms with van der Waals surface area (Å²) < 4.78 is 18.5. The number of hydrogen-bond acceptors (Lipinski definition) is 5. The molecule has 0 aliphatic heterocycles. The summed E-state index contributed by atoms with van der Waals surface area (Å²) in [6.45, 7) is 4.54. The van der Waals surface area contributed by atoms with Crippen molar-refractivity contribution in [3.63, 3.8) is 0 Å². The summed E-state index contributed by atoms with van der Waals surface area (Å²) in [5, 5.41) is 0. The van der Waals surface area contributed by atoms with Gasteiger partial charge in [-0.15, -0.1) is 0 Å². The second-order valence-corrected chi connectivity index (χ2v) is 14.9. The summed E-state index contributed by atoms with van der Waals surface area (Å²) in [6, 6.07) is 0. The van der Waals surface area contributed by atoms with Gasteiger partial charge in [-0.2, -0.15) is 0 Å². The zero-order valence-corrected chi connectivity index (χ0v) is 28.0. The molecule has 0 aromatic rings. The largest absolute Gasteiger partial charge is 0.462 e. The van der Waals surface area contributed by atoms with Crippen LogP contribution in [0.5, 0.6) is 0 Å². The number of esters is 2. The molecule has 0 N–H and O–H groups in total. The average molecular weight is 603 g/mol. The fraction of sp³-hybridized carbons (Fsp3) is 0.947. The predicted octanol–water partition coefficient (Wildman–Crippen LogP) is 10.3. The molecule has 4 saturated carbocycles. The molecule has 4 aliphatic carbocycles. The van der Waals surface area contributed by atoms with Gasteiger partial charge in [0, 0.05) is 0 Å². The summed E-state index contributed by atoms with van der Waals surface area (Å²) in [7, 11) is 0. The minimum Gasteiger partial charge on any atom is -0.462 e. The van der Waals surface area contributed by atoms with Crippen molar-refractivity contribution in [2.24, 2.45) is 23.7 Å². The van der Waals surface area contributed by atoms with E-state index in [1.54, 1.807) is 0 Å². The molecule has 43 heavy (non-hydrogen) atoms. The summed E-state index contributed by atoms with van der Waals surface area (Å²) in [6.07, 6.45) is 30.8. The van der Waals surface area contributed by atoms with Gasteiger partial charge in [0.1, 0.15) is 12.2 Å². The maximum atomic E-state index is 12.9. The molecule has 4 fully saturated rings. The summed E-state index contributed by atoms with van der Waals surface area (Å²) in [4.78, 5) is 25.8. The molecular weight excluding hydrogens is 536 g/mol. The number of ether oxygens (including phenoxy) is 3. The standard InChI is InChI=1S/C38H66O5/c1-3-5-7-9-11-29-13-21-35(22-14-29)42-37(39)31-17-25-33(26-18-31)41-34-27-19-32(20-28-34)38(40)43-36-23-15-30(16-24-36)12-10-8-6-4-2/h29-36H,3-28H2,1-2H3. The van der Waals surface area contributed by atoms with E-state index >= 15 is 0 Å². The number of hydrogen-bond donors (Lipinski definition) is 0. The fourth-order valence-corrected chi connectivity index (χ4v) is 8.46. The topological polar surface area (TPSA) is 61.8 Å². The Kier molecular flexibility index (Phi) is 15.7. The minimum atomic E-state index is 0.0457. The van der Waals surface area contributed by atoms with Crippen LogP contribution in [-0.2, 0) is 23.8 Å². The van der Waals surface area contributed by atoms with Gasteiger partial charge in [-0.25, -0.2) is 0 Å². The molecule has 0 radical (unpaired) electrons. The number of rotatable bonds is 16. The maximum Gasteiger partial charge on any atom is 0.309 e. The lowest BCUT2D eigenvalue weighted by Crippen LogP contribution is -2.35. The van der Waals surface area contributed by atoms with Gasteiger partial charge < -0.3 is 14.2 Å². The van der Waals surface area contributed by atoms with Crippen molar-refractivity contribution in [1.82, 2.24) is 0 Å². The average Bonchev–Trinajstić information content (AvgIpc) is 3.03. The van der Waals surface area contributed by atoms with Gasteiger partial charge in [0.15, 0.2) is 0 Å². The Morgan fingerprint density at radius 1 is 0.442 bits per heavy atom. The smallest absolute Gasteiger partial charge is 0.309 e. The number of carbonyl (C=O) groups is 2. The van der Waals surface area contributed by atoms with Crippen molar-refractivity contribution in [3.8, 4) is 0 Å². The molecule has 0 atom stereocenters. The minimum absolute atomic E-state index is 0.0457. The van der Waals surface area contributed by atoms with E-state index in [9.17, 15) is 9.59 Å². The van der Waals surface area contributed by atoms with Crippen LogP contribution in [0.1, 0.15) is 181 Å². The fourth-order valence-electron chi connectivity index (χ4n) is 8.46. The van der Waals surface area contributed by atoms with Crippen LogP contribution in [0.25, 0.3) is 0 Å². The van der Waals surface area contributed by atoms with E-state index in [1.165, 1.54) is 89.9 Å². The molecule has 0 spiro atoms. The quantitative estimate of drug-likeness (QED) is 0.130. The third-order valence-electron chi connectivity index (χ3n) is 11.5. The third kappa shape index (κ3) is 12.3. The monoisotopic (exact) mass is 602 g/mol.